The Hall–Kier alpha value is -1.81. The van der Waals surface area contributed by atoms with Crippen LogP contribution in [-0.2, 0) is 12.5 Å². The summed E-state index contributed by atoms with van der Waals surface area (Å²) in [4.78, 5) is 0. The number of rotatable bonds is 5. The average molecular weight is 299 g/mol. The maximum atomic E-state index is 13.5. The van der Waals surface area contributed by atoms with Crippen molar-refractivity contribution in [2.24, 2.45) is 0 Å². The summed E-state index contributed by atoms with van der Waals surface area (Å²) < 4.78 is 37.2. The van der Waals surface area contributed by atoms with E-state index in [1.807, 2.05) is 0 Å². The first kappa shape index (κ1) is 14.6. The molecule has 0 atom stereocenters. The van der Waals surface area contributed by atoms with E-state index < -0.39 is 11.6 Å². The van der Waals surface area contributed by atoms with E-state index in [0.717, 1.165) is 11.6 Å². The summed E-state index contributed by atoms with van der Waals surface area (Å²) in [5.74, 6) is -0.487. The molecule has 106 valence electrons. The van der Waals surface area contributed by atoms with E-state index in [4.69, 9.17) is 21.1 Å². The molecule has 2 rings (SSSR count). The Morgan fingerprint density at radius 2 is 1.90 bits per heavy atom. The van der Waals surface area contributed by atoms with Crippen molar-refractivity contribution < 1.29 is 18.3 Å². The predicted octanol–water partition coefficient (Wildman–Crippen LogP) is 4.29. The van der Waals surface area contributed by atoms with Crippen molar-refractivity contribution in [3.63, 3.8) is 0 Å². The molecule has 2 nitrogen and oxygen atoms in total. The molecule has 0 saturated carbocycles. The first-order valence-corrected chi connectivity index (χ1v) is 6.47. The van der Waals surface area contributed by atoms with E-state index in [1.165, 1.54) is 19.2 Å². The topological polar surface area (TPSA) is 18.5 Å². The van der Waals surface area contributed by atoms with Crippen molar-refractivity contribution in [3.05, 3.63) is 59.2 Å². The van der Waals surface area contributed by atoms with Crippen LogP contribution < -0.4 is 9.47 Å². The second-order valence-corrected chi connectivity index (χ2v) is 4.39. The summed E-state index contributed by atoms with van der Waals surface area (Å²) >= 11 is 5.73. The van der Waals surface area contributed by atoms with E-state index in [0.29, 0.717) is 17.4 Å². The third-order valence-electron chi connectivity index (χ3n) is 2.80. The Morgan fingerprint density at radius 3 is 2.60 bits per heavy atom. The third kappa shape index (κ3) is 3.20. The summed E-state index contributed by atoms with van der Waals surface area (Å²) in [6.07, 6.45) is 0. The van der Waals surface area contributed by atoms with Crippen molar-refractivity contribution in [2.45, 2.75) is 12.5 Å². The van der Waals surface area contributed by atoms with Gasteiger partial charge in [-0.25, -0.2) is 8.78 Å². The molecule has 0 fully saturated rings. The standard InChI is InChI=1S/C15H13ClF2O2/c1-19-14-7-10(8-16)5-6-13(14)20-9-11-3-2-4-12(17)15(11)18/h2-7H,8-9H2,1H3. The number of hydrogen-bond donors (Lipinski definition) is 0. The fourth-order valence-electron chi connectivity index (χ4n) is 1.73. The zero-order chi connectivity index (χ0) is 14.5. The first-order valence-electron chi connectivity index (χ1n) is 5.94. The molecule has 0 aliphatic rings. The summed E-state index contributed by atoms with van der Waals surface area (Å²) in [6.45, 7) is -0.0832. The lowest BCUT2D eigenvalue weighted by molar-refractivity contribution is 0.278. The van der Waals surface area contributed by atoms with Crippen LogP contribution in [-0.4, -0.2) is 7.11 Å². The largest absolute Gasteiger partial charge is 0.493 e. The van der Waals surface area contributed by atoms with Crippen LogP contribution in [0.3, 0.4) is 0 Å². The van der Waals surface area contributed by atoms with Gasteiger partial charge in [-0.2, -0.15) is 0 Å². The number of methoxy groups -OCH3 is 1. The Labute approximate surface area is 120 Å². The summed E-state index contributed by atoms with van der Waals surface area (Å²) in [6, 6.07) is 9.18. The minimum absolute atomic E-state index is 0.0832. The van der Waals surface area contributed by atoms with Gasteiger partial charge in [-0.05, 0) is 23.8 Å². The molecule has 0 N–H and O–H groups in total. The van der Waals surface area contributed by atoms with Crippen molar-refractivity contribution in [2.75, 3.05) is 7.11 Å². The first-order chi connectivity index (χ1) is 9.65. The number of benzene rings is 2. The van der Waals surface area contributed by atoms with Crippen LogP contribution in [0.4, 0.5) is 8.78 Å². The van der Waals surface area contributed by atoms with E-state index in [-0.39, 0.29) is 12.2 Å². The molecule has 0 aliphatic heterocycles. The lowest BCUT2D eigenvalue weighted by Gasteiger charge is -2.12. The number of halogens is 3. The molecular formula is C15H13ClF2O2. The fraction of sp³-hybridized carbons (Fsp3) is 0.200. The molecule has 2 aromatic rings. The summed E-state index contributed by atoms with van der Waals surface area (Å²) in [5, 5.41) is 0. The summed E-state index contributed by atoms with van der Waals surface area (Å²) in [5.41, 5.74) is 1.03. The Morgan fingerprint density at radius 1 is 1.10 bits per heavy atom. The average Bonchev–Trinajstić information content (AvgIpc) is 2.48. The molecule has 0 bridgehead atoms. The highest BCUT2D eigenvalue weighted by Gasteiger charge is 2.10. The lowest BCUT2D eigenvalue weighted by atomic mass is 10.2. The van der Waals surface area contributed by atoms with E-state index in [2.05, 4.69) is 0 Å². The number of ether oxygens (including phenoxy) is 2. The minimum atomic E-state index is -0.899. The summed E-state index contributed by atoms with van der Waals surface area (Å²) in [7, 11) is 1.50. The molecule has 0 amide bonds. The molecule has 0 heterocycles. The number of alkyl halides is 1. The van der Waals surface area contributed by atoms with Crippen LogP contribution in [0.15, 0.2) is 36.4 Å². The van der Waals surface area contributed by atoms with Crippen molar-refractivity contribution >= 4 is 11.6 Å². The molecular weight excluding hydrogens is 286 g/mol. The monoisotopic (exact) mass is 298 g/mol. The fourth-order valence-corrected chi connectivity index (χ4v) is 1.90. The van der Waals surface area contributed by atoms with Crippen LogP contribution in [0.2, 0.25) is 0 Å². The van der Waals surface area contributed by atoms with Gasteiger partial charge in [0, 0.05) is 11.4 Å². The molecule has 2 aromatic carbocycles. The second kappa shape index (κ2) is 6.57. The minimum Gasteiger partial charge on any atom is -0.493 e. The van der Waals surface area contributed by atoms with Gasteiger partial charge >= 0.3 is 0 Å². The van der Waals surface area contributed by atoms with Gasteiger partial charge in [0.1, 0.15) is 6.61 Å². The zero-order valence-corrected chi connectivity index (χ0v) is 11.6. The molecule has 0 unspecified atom stereocenters. The van der Waals surface area contributed by atoms with Crippen molar-refractivity contribution in [1.82, 2.24) is 0 Å². The van der Waals surface area contributed by atoms with Gasteiger partial charge in [0.05, 0.1) is 7.11 Å². The van der Waals surface area contributed by atoms with Crippen LogP contribution in [0.1, 0.15) is 11.1 Å². The molecule has 0 aromatic heterocycles. The Bertz CT molecular complexity index is 602. The maximum Gasteiger partial charge on any atom is 0.165 e. The molecule has 0 aliphatic carbocycles. The van der Waals surface area contributed by atoms with Gasteiger partial charge in [0.15, 0.2) is 23.1 Å². The van der Waals surface area contributed by atoms with Gasteiger partial charge in [-0.1, -0.05) is 18.2 Å². The van der Waals surface area contributed by atoms with Gasteiger partial charge in [-0.3, -0.25) is 0 Å². The smallest absolute Gasteiger partial charge is 0.165 e. The van der Waals surface area contributed by atoms with Crippen LogP contribution in [0, 0.1) is 11.6 Å². The van der Waals surface area contributed by atoms with Crippen molar-refractivity contribution in [3.8, 4) is 11.5 Å². The Kier molecular flexibility index (Phi) is 4.79. The lowest BCUT2D eigenvalue weighted by Crippen LogP contribution is -2.01. The van der Waals surface area contributed by atoms with Gasteiger partial charge < -0.3 is 9.47 Å². The molecule has 20 heavy (non-hydrogen) atoms. The predicted molar refractivity (Wildman–Crippen MR) is 73.2 cm³/mol. The van der Waals surface area contributed by atoms with Crippen LogP contribution >= 0.6 is 11.6 Å². The van der Waals surface area contributed by atoms with E-state index in [9.17, 15) is 8.78 Å². The SMILES string of the molecule is COc1cc(CCl)ccc1OCc1cccc(F)c1F. The molecule has 0 radical (unpaired) electrons. The highest BCUT2D eigenvalue weighted by molar-refractivity contribution is 6.17. The van der Waals surface area contributed by atoms with Crippen LogP contribution in [0.25, 0.3) is 0 Å². The quantitative estimate of drug-likeness (QED) is 0.767. The number of hydrogen-bond acceptors (Lipinski definition) is 2. The highest BCUT2D eigenvalue weighted by Crippen LogP contribution is 2.29. The molecule has 0 saturated heterocycles. The van der Waals surface area contributed by atoms with Gasteiger partial charge in [-0.15, -0.1) is 11.6 Å². The second-order valence-electron chi connectivity index (χ2n) is 4.12. The van der Waals surface area contributed by atoms with Gasteiger partial charge in [0.2, 0.25) is 0 Å². The Balaban J connectivity index is 2.16. The maximum absolute atomic E-state index is 13.5. The molecule has 0 spiro atoms. The van der Waals surface area contributed by atoms with E-state index >= 15 is 0 Å². The molecule has 5 heteroatoms. The third-order valence-corrected chi connectivity index (χ3v) is 3.11. The van der Waals surface area contributed by atoms with E-state index in [1.54, 1.807) is 18.2 Å². The zero-order valence-electron chi connectivity index (χ0n) is 10.8. The highest BCUT2D eigenvalue weighted by atomic mass is 35.5. The van der Waals surface area contributed by atoms with Crippen molar-refractivity contribution in [1.29, 1.82) is 0 Å². The van der Waals surface area contributed by atoms with Gasteiger partial charge in [0.25, 0.3) is 0 Å². The normalized spacial score (nSPS) is 10.4. The van der Waals surface area contributed by atoms with Crippen LogP contribution in [0.5, 0.6) is 11.5 Å².